The molecule has 0 atom stereocenters. The number of sulfonamides is 1. The minimum Gasteiger partial charge on any atom is -0.393 e. The molecular weight excluding hydrogens is 354 g/mol. The Bertz CT molecular complexity index is 556. The van der Waals surface area contributed by atoms with E-state index in [9.17, 15) is 13.5 Å². The molecule has 0 aliphatic heterocycles. The second-order valence-corrected chi connectivity index (χ2v) is 7.71. The van der Waals surface area contributed by atoms with Crippen molar-refractivity contribution in [2.75, 3.05) is 0 Å². The van der Waals surface area contributed by atoms with Gasteiger partial charge in [0.05, 0.1) is 11.1 Å². The third-order valence-electron chi connectivity index (χ3n) is 3.20. The second-order valence-electron chi connectivity index (χ2n) is 4.70. The maximum Gasteiger partial charge on any atom is 0.242 e. The summed E-state index contributed by atoms with van der Waals surface area (Å²) in [5, 5.41) is 9.61. The highest BCUT2D eigenvalue weighted by atomic mass is 79.9. The molecule has 1 fully saturated rings. The highest BCUT2D eigenvalue weighted by molar-refractivity contribution is 9.10. The van der Waals surface area contributed by atoms with Crippen molar-refractivity contribution >= 4 is 37.6 Å². The van der Waals surface area contributed by atoms with E-state index in [-0.39, 0.29) is 22.1 Å². The minimum absolute atomic E-state index is 0.0866. The summed E-state index contributed by atoms with van der Waals surface area (Å²) in [6.07, 6.45) is 2.24. The van der Waals surface area contributed by atoms with Gasteiger partial charge in [-0.15, -0.1) is 0 Å². The van der Waals surface area contributed by atoms with Gasteiger partial charge in [0.1, 0.15) is 4.90 Å². The summed E-state index contributed by atoms with van der Waals surface area (Å²) in [6.45, 7) is 0. The summed E-state index contributed by atoms with van der Waals surface area (Å²) >= 11 is 9.21. The fourth-order valence-electron chi connectivity index (χ4n) is 2.17. The van der Waals surface area contributed by atoms with E-state index in [0.29, 0.717) is 25.7 Å². The van der Waals surface area contributed by atoms with Gasteiger partial charge in [0.15, 0.2) is 0 Å². The van der Waals surface area contributed by atoms with E-state index in [0.717, 1.165) is 4.47 Å². The van der Waals surface area contributed by atoms with Crippen LogP contribution in [0.3, 0.4) is 0 Å². The smallest absolute Gasteiger partial charge is 0.242 e. The van der Waals surface area contributed by atoms with Crippen LogP contribution < -0.4 is 4.72 Å². The lowest BCUT2D eigenvalue weighted by atomic mass is 9.94. The average molecular weight is 369 g/mol. The van der Waals surface area contributed by atoms with Crippen LogP contribution in [0.4, 0.5) is 0 Å². The molecule has 0 unspecified atom stereocenters. The van der Waals surface area contributed by atoms with E-state index in [1.165, 1.54) is 6.07 Å². The number of hydrogen-bond acceptors (Lipinski definition) is 3. The van der Waals surface area contributed by atoms with Gasteiger partial charge >= 0.3 is 0 Å². The number of aliphatic hydroxyl groups is 1. The molecule has 0 amide bonds. The normalized spacial score (nSPS) is 24.4. The van der Waals surface area contributed by atoms with Gasteiger partial charge in [0.25, 0.3) is 0 Å². The van der Waals surface area contributed by atoms with E-state index in [1.54, 1.807) is 12.1 Å². The summed E-state index contributed by atoms with van der Waals surface area (Å²) in [5.41, 5.74) is 0. The van der Waals surface area contributed by atoms with E-state index >= 15 is 0 Å². The summed E-state index contributed by atoms with van der Waals surface area (Å²) < 4.78 is 27.9. The number of halogens is 2. The van der Waals surface area contributed by atoms with E-state index in [2.05, 4.69) is 20.7 Å². The van der Waals surface area contributed by atoms with E-state index in [4.69, 9.17) is 11.6 Å². The number of rotatable bonds is 3. The van der Waals surface area contributed by atoms with Crippen LogP contribution in [-0.2, 0) is 10.0 Å². The minimum atomic E-state index is -3.61. The Balaban J connectivity index is 2.14. The summed E-state index contributed by atoms with van der Waals surface area (Å²) in [7, 11) is -3.61. The highest BCUT2D eigenvalue weighted by Crippen LogP contribution is 2.26. The van der Waals surface area contributed by atoms with Gasteiger partial charge in [-0.3, -0.25) is 0 Å². The lowest BCUT2D eigenvalue weighted by Gasteiger charge is -2.26. The van der Waals surface area contributed by atoms with Gasteiger partial charge in [-0.25, -0.2) is 13.1 Å². The largest absolute Gasteiger partial charge is 0.393 e. The predicted octanol–water partition coefficient (Wildman–Crippen LogP) is 2.68. The Kier molecular flexibility index (Phi) is 4.89. The van der Waals surface area contributed by atoms with E-state index in [1.807, 2.05) is 0 Å². The molecule has 0 spiro atoms. The van der Waals surface area contributed by atoms with Gasteiger partial charge < -0.3 is 5.11 Å². The maximum absolute atomic E-state index is 12.2. The molecule has 106 valence electrons. The maximum atomic E-state index is 12.2. The van der Waals surface area contributed by atoms with Crippen LogP contribution in [-0.4, -0.2) is 25.7 Å². The Hall–Kier alpha value is -0.140. The van der Waals surface area contributed by atoms with Crippen molar-refractivity contribution in [3.05, 3.63) is 27.7 Å². The molecule has 0 aromatic heterocycles. The molecular formula is C12H15BrClNO3S. The topological polar surface area (TPSA) is 66.4 Å². The zero-order valence-electron chi connectivity index (χ0n) is 10.1. The molecule has 0 radical (unpaired) electrons. The third kappa shape index (κ3) is 3.92. The van der Waals surface area contributed by atoms with Crippen LogP contribution in [0, 0.1) is 0 Å². The average Bonchev–Trinajstić information content (AvgIpc) is 2.31. The van der Waals surface area contributed by atoms with Crippen molar-refractivity contribution in [3.8, 4) is 0 Å². The molecule has 19 heavy (non-hydrogen) atoms. The SMILES string of the molecule is O=S(=O)(N[C@H]1CC[C@H](O)CC1)c1ccc(Br)cc1Cl. The first-order valence-electron chi connectivity index (χ1n) is 6.04. The predicted molar refractivity (Wildman–Crippen MR) is 77.7 cm³/mol. The van der Waals surface area contributed by atoms with Crippen LogP contribution in [0.5, 0.6) is 0 Å². The lowest BCUT2D eigenvalue weighted by Crippen LogP contribution is -2.38. The second kappa shape index (κ2) is 6.10. The van der Waals surface area contributed by atoms with Crippen molar-refractivity contribution in [2.45, 2.75) is 42.7 Å². The first-order chi connectivity index (χ1) is 8.88. The summed E-state index contributed by atoms with van der Waals surface area (Å²) in [5.74, 6) is 0. The molecule has 2 N–H and O–H groups in total. The van der Waals surface area contributed by atoms with Crippen molar-refractivity contribution in [1.82, 2.24) is 4.72 Å². The molecule has 1 aromatic rings. The zero-order chi connectivity index (χ0) is 14.0. The van der Waals surface area contributed by atoms with Crippen molar-refractivity contribution in [3.63, 3.8) is 0 Å². The molecule has 1 aliphatic carbocycles. The summed E-state index contributed by atoms with van der Waals surface area (Å²) in [4.78, 5) is 0.0866. The molecule has 1 saturated carbocycles. The standard InChI is InChI=1S/C12H15BrClNO3S/c13-8-1-6-12(11(14)7-8)19(17,18)15-9-2-4-10(16)5-3-9/h1,6-7,9-10,15-16H,2-5H2/t9-,10-. The molecule has 4 nitrogen and oxygen atoms in total. The van der Waals surface area contributed by atoms with Crippen molar-refractivity contribution in [2.24, 2.45) is 0 Å². The van der Waals surface area contributed by atoms with Gasteiger partial charge in [0, 0.05) is 10.5 Å². The molecule has 0 bridgehead atoms. The molecule has 7 heteroatoms. The fourth-order valence-corrected chi connectivity index (χ4v) is 4.51. The molecule has 1 aliphatic rings. The number of benzene rings is 1. The Morgan fingerprint density at radius 2 is 1.89 bits per heavy atom. The molecule has 1 aromatic carbocycles. The zero-order valence-corrected chi connectivity index (χ0v) is 13.3. The van der Waals surface area contributed by atoms with Crippen LogP contribution in [0.1, 0.15) is 25.7 Å². The molecule has 0 saturated heterocycles. The third-order valence-corrected chi connectivity index (χ3v) is 5.70. The van der Waals surface area contributed by atoms with Gasteiger partial charge in [-0.05, 0) is 43.9 Å². The molecule has 0 heterocycles. The molecule has 2 rings (SSSR count). The van der Waals surface area contributed by atoms with Crippen LogP contribution in [0.15, 0.2) is 27.6 Å². The van der Waals surface area contributed by atoms with Crippen LogP contribution in [0.25, 0.3) is 0 Å². The monoisotopic (exact) mass is 367 g/mol. The quantitative estimate of drug-likeness (QED) is 0.862. The Morgan fingerprint density at radius 1 is 1.26 bits per heavy atom. The van der Waals surface area contributed by atoms with Gasteiger partial charge in [0.2, 0.25) is 10.0 Å². The van der Waals surface area contributed by atoms with Crippen LogP contribution >= 0.6 is 27.5 Å². The van der Waals surface area contributed by atoms with Gasteiger partial charge in [-0.2, -0.15) is 0 Å². The van der Waals surface area contributed by atoms with E-state index < -0.39 is 10.0 Å². The van der Waals surface area contributed by atoms with Crippen LogP contribution in [0.2, 0.25) is 5.02 Å². The number of aliphatic hydroxyl groups excluding tert-OH is 1. The number of nitrogens with one attached hydrogen (secondary N) is 1. The lowest BCUT2D eigenvalue weighted by molar-refractivity contribution is 0.120. The Morgan fingerprint density at radius 3 is 2.47 bits per heavy atom. The fraction of sp³-hybridized carbons (Fsp3) is 0.500. The Labute approximate surface area is 126 Å². The first-order valence-corrected chi connectivity index (χ1v) is 8.69. The summed E-state index contributed by atoms with van der Waals surface area (Å²) in [6, 6.07) is 4.55. The van der Waals surface area contributed by atoms with Crippen molar-refractivity contribution < 1.29 is 13.5 Å². The van der Waals surface area contributed by atoms with Crippen molar-refractivity contribution in [1.29, 1.82) is 0 Å². The number of hydrogen-bond donors (Lipinski definition) is 2. The van der Waals surface area contributed by atoms with Gasteiger partial charge in [-0.1, -0.05) is 27.5 Å². The first kappa shape index (κ1) is 15.3. The highest BCUT2D eigenvalue weighted by Gasteiger charge is 2.26.